The van der Waals surface area contributed by atoms with Gasteiger partial charge in [0.2, 0.25) is 10.3 Å². The van der Waals surface area contributed by atoms with Crippen LogP contribution >= 0.6 is 21.6 Å². The summed E-state index contributed by atoms with van der Waals surface area (Å²) in [5, 5.41) is 30.1. The van der Waals surface area contributed by atoms with Gasteiger partial charge < -0.3 is 0 Å². The van der Waals surface area contributed by atoms with E-state index >= 15 is 0 Å². The lowest BCUT2D eigenvalue weighted by molar-refractivity contribution is 0.973. The summed E-state index contributed by atoms with van der Waals surface area (Å²) in [5.74, 6) is 1.40. The summed E-state index contributed by atoms with van der Waals surface area (Å²) >= 11 is 0. The molecule has 4 rings (SSSR count). The van der Waals surface area contributed by atoms with E-state index in [1.165, 1.54) is 35.4 Å². The molecule has 0 radical (unpaired) electrons. The first-order chi connectivity index (χ1) is 14.7. The highest BCUT2D eigenvalue weighted by atomic mass is 33.1. The molecule has 10 nitrogen and oxygen atoms in total. The SMILES string of the molecule is CC#N.CC#N.c1cc(-c2nc(SSc3n[nH]c(-c4ccncc4)n3)n[nH]2)ccn1. The van der Waals surface area contributed by atoms with Gasteiger partial charge in [0, 0.05) is 49.8 Å². The van der Waals surface area contributed by atoms with Gasteiger partial charge in [-0.25, -0.2) is 9.97 Å². The van der Waals surface area contributed by atoms with Crippen molar-refractivity contribution in [2.75, 3.05) is 0 Å². The fourth-order valence-corrected chi connectivity index (χ4v) is 3.39. The van der Waals surface area contributed by atoms with Crippen LogP contribution in [0.4, 0.5) is 0 Å². The van der Waals surface area contributed by atoms with E-state index in [0.717, 1.165) is 11.1 Å². The highest BCUT2D eigenvalue weighted by molar-refractivity contribution is 8.76. The second-order valence-electron chi connectivity index (χ2n) is 5.02. The molecule has 0 aliphatic heterocycles. The molecule has 0 aromatic carbocycles. The number of aromatic amines is 2. The number of hydrogen-bond acceptors (Lipinski definition) is 10. The Labute approximate surface area is 180 Å². The van der Waals surface area contributed by atoms with Crippen molar-refractivity contribution in [1.29, 1.82) is 10.5 Å². The molecule has 12 heteroatoms. The molecule has 4 aromatic heterocycles. The van der Waals surface area contributed by atoms with Gasteiger partial charge in [-0.3, -0.25) is 20.2 Å². The molecular formula is C18H16N10S2. The monoisotopic (exact) mass is 436 g/mol. The van der Waals surface area contributed by atoms with Crippen LogP contribution in [0.25, 0.3) is 22.8 Å². The van der Waals surface area contributed by atoms with Gasteiger partial charge in [0.05, 0.1) is 12.1 Å². The Bertz CT molecular complexity index is 1010. The van der Waals surface area contributed by atoms with E-state index in [-0.39, 0.29) is 0 Å². The highest BCUT2D eigenvalue weighted by Crippen LogP contribution is 2.34. The predicted molar refractivity (Wildman–Crippen MR) is 114 cm³/mol. The van der Waals surface area contributed by atoms with E-state index in [2.05, 4.69) is 40.3 Å². The lowest BCUT2D eigenvalue weighted by atomic mass is 10.3. The molecule has 0 spiro atoms. The van der Waals surface area contributed by atoms with E-state index in [9.17, 15) is 0 Å². The fraction of sp³-hybridized carbons (Fsp3) is 0.111. The van der Waals surface area contributed by atoms with Gasteiger partial charge in [0.1, 0.15) is 0 Å². The number of rotatable bonds is 5. The molecule has 4 aromatic rings. The zero-order valence-electron chi connectivity index (χ0n) is 16.0. The van der Waals surface area contributed by atoms with Gasteiger partial charge in [-0.15, -0.1) is 10.2 Å². The predicted octanol–water partition coefficient (Wildman–Crippen LogP) is 3.91. The Hall–Kier alpha value is -3.74. The third-order valence-electron chi connectivity index (χ3n) is 3.03. The molecule has 0 atom stereocenters. The number of pyridine rings is 2. The summed E-state index contributed by atoms with van der Waals surface area (Å²) in [5.41, 5.74) is 1.87. The summed E-state index contributed by atoms with van der Waals surface area (Å²) in [6, 6.07) is 11.0. The van der Waals surface area contributed by atoms with Crippen LogP contribution in [0.5, 0.6) is 0 Å². The van der Waals surface area contributed by atoms with Crippen LogP contribution in [0, 0.1) is 22.7 Å². The van der Waals surface area contributed by atoms with Gasteiger partial charge >= 0.3 is 0 Å². The minimum Gasteiger partial charge on any atom is -0.265 e. The Morgan fingerprint density at radius 2 is 1.03 bits per heavy atom. The molecule has 0 amide bonds. The van der Waals surface area contributed by atoms with Crippen LogP contribution in [-0.4, -0.2) is 40.3 Å². The summed E-state index contributed by atoms with van der Waals surface area (Å²) < 4.78 is 0. The van der Waals surface area contributed by atoms with E-state index < -0.39 is 0 Å². The summed E-state index contributed by atoms with van der Waals surface area (Å²) in [4.78, 5) is 16.8. The Balaban J connectivity index is 0.000000480. The summed E-state index contributed by atoms with van der Waals surface area (Å²) in [6.45, 7) is 2.86. The average Bonchev–Trinajstić information content (AvgIpc) is 3.45. The van der Waals surface area contributed by atoms with Crippen LogP contribution in [0.15, 0.2) is 59.4 Å². The van der Waals surface area contributed by atoms with Gasteiger partial charge in [-0.05, 0) is 45.9 Å². The topological polar surface area (TPSA) is 156 Å². The Kier molecular flexibility index (Phi) is 9.52. The number of aromatic nitrogens is 8. The normalized spacial score (nSPS) is 9.20. The van der Waals surface area contributed by atoms with E-state index in [0.29, 0.717) is 22.0 Å². The van der Waals surface area contributed by atoms with Crippen LogP contribution < -0.4 is 0 Å². The van der Waals surface area contributed by atoms with Gasteiger partial charge in [-0.1, -0.05) is 0 Å². The highest BCUT2D eigenvalue weighted by Gasteiger charge is 2.10. The summed E-state index contributed by atoms with van der Waals surface area (Å²) in [6.07, 6.45) is 6.86. The van der Waals surface area contributed by atoms with Crippen molar-refractivity contribution in [1.82, 2.24) is 40.3 Å². The van der Waals surface area contributed by atoms with Crippen molar-refractivity contribution in [2.45, 2.75) is 24.2 Å². The number of hydrogen-bond donors (Lipinski definition) is 2. The van der Waals surface area contributed by atoms with Crippen molar-refractivity contribution in [3.63, 3.8) is 0 Å². The lowest BCUT2D eigenvalue weighted by Gasteiger charge is -1.93. The molecule has 2 N–H and O–H groups in total. The fourth-order valence-electron chi connectivity index (χ4n) is 1.92. The number of nitrogens with one attached hydrogen (secondary N) is 2. The third kappa shape index (κ3) is 7.01. The van der Waals surface area contributed by atoms with Gasteiger partial charge in [0.25, 0.3) is 0 Å². The van der Waals surface area contributed by atoms with E-state index in [4.69, 9.17) is 10.5 Å². The Morgan fingerprint density at radius 3 is 1.37 bits per heavy atom. The van der Waals surface area contributed by atoms with Crippen LogP contribution in [0.2, 0.25) is 0 Å². The maximum atomic E-state index is 7.32. The quantitative estimate of drug-likeness (QED) is 0.439. The van der Waals surface area contributed by atoms with Crippen molar-refractivity contribution in [3.05, 3.63) is 49.1 Å². The largest absolute Gasteiger partial charge is 0.265 e. The third-order valence-corrected chi connectivity index (χ3v) is 4.92. The van der Waals surface area contributed by atoms with Crippen LogP contribution in [0.3, 0.4) is 0 Å². The number of nitrogens with zero attached hydrogens (tertiary/aromatic N) is 8. The molecule has 0 aliphatic rings. The zero-order chi connectivity index (χ0) is 21.6. The van der Waals surface area contributed by atoms with Crippen LogP contribution in [-0.2, 0) is 0 Å². The standard InChI is InChI=1S/C14H10N8S2.2C2H3N/c1-5-15-6-2-9(1)11-17-13(21-19-11)23-24-14-18-12(20-22-14)10-3-7-16-8-4-10;2*1-2-3/h1-8H,(H,17,19,21)(H,18,20,22);2*1H3. The van der Waals surface area contributed by atoms with Crippen molar-refractivity contribution < 1.29 is 0 Å². The molecule has 150 valence electrons. The molecule has 0 saturated heterocycles. The van der Waals surface area contributed by atoms with Crippen molar-refractivity contribution in [3.8, 4) is 34.9 Å². The second-order valence-corrected chi connectivity index (χ2v) is 7.08. The van der Waals surface area contributed by atoms with Crippen LogP contribution in [0.1, 0.15) is 13.8 Å². The molecule has 0 saturated carbocycles. The maximum absolute atomic E-state index is 7.32. The number of nitriles is 2. The first kappa shape index (κ1) is 22.5. The van der Waals surface area contributed by atoms with Gasteiger partial charge in [0.15, 0.2) is 11.6 Å². The Morgan fingerprint density at radius 1 is 0.700 bits per heavy atom. The van der Waals surface area contributed by atoms with Crippen molar-refractivity contribution >= 4 is 21.6 Å². The van der Waals surface area contributed by atoms with E-state index in [1.54, 1.807) is 36.9 Å². The number of H-pyrrole nitrogens is 2. The lowest BCUT2D eigenvalue weighted by Crippen LogP contribution is -1.80. The summed E-state index contributed by atoms with van der Waals surface area (Å²) in [7, 11) is 2.78. The minimum atomic E-state index is 0.613. The molecule has 4 heterocycles. The molecule has 0 unspecified atom stereocenters. The minimum absolute atomic E-state index is 0.613. The van der Waals surface area contributed by atoms with Gasteiger partial charge in [-0.2, -0.15) is 10.5 Å². The smallest absolute Gasteiger partial charge is 0.219 e. The molecular weight excluding hydrogens is 420 g/mol. The second kappa shape index (κ2) is 12.7. The molecule has 30 heavy (non-hydrogen) atoms. The van der Waals surface area contributed by atoms with E-state index in [1.807, 2.05) is 24.3 Å². The average molecular weight is 437 g/mol. The van der Waals surface area contributed by atoms with Crippen molar-refractivity contribution in [2.24, 2.45) is 0 Å². The zero-order valence-corrected chi connectivity index (χ0v) is 17.6. The maximum Gasteiger partial charge on any atom is 0.219 e. The first-order valence-corrected chi connectivity index (χ1v) is 10.5. The first-order valence-electron chi connectivity index (χ1n) is 8.33. The molecule has 0 aliphatic carbocycles. The molecule has 0 fully saturated rings. The molecule has 0 bridgehead atoms.